The molecule has 19 heavy (non-hydrogen) atoms. The summed E-state index contributed by atoms with van der Waals surface area (Å²) in [5.74, 6) is -0.515. The van der Waals surface area contributed by atoms with E-state index in [4.69, 9.17) is 4.74 Å². The SMILES string of the molecule is Cc1cc(NCC2CCOC2C)c(C(=O)O)c(C)n1. The molecule has 1 aliphatic heterocycles. The summed E-state index contributed by atoms with van der Waals surface area (Å²) >= 11 is 0. The van der Waals surface area contributed by atoms with Crippen LogP contribution >= 0.6 is 0 Å². The molecule has 1 aromatic heterocycles. The Bertz CT molecular complexity index is 488. The molecule has 5 nitrogen and oxygen atoms in total. The van der Waals surface area contributed by atoms with E-state index in [1.54, 1.807) is 13.0 Å². The van der Waals surface area contributed by atoms with Gasteiger partial charge in [0.2, 0.25) is 0 Å². The van der Waals surface area contributed by atoms with Gasteiger partial charge < -0.3 is 15.2 Å². The Balaban J connectivity index is 2.17. The standard InChI is InChI=1S/C14H20N2O3/c1-8-6-12(13(14(17)18)9(2)16-8)15-7-11-4-5-19-10(11)3/h6,10-11H,4-5,7H2,1-3H3,(H,15,16)(H,17,18). The van der Waals surface area contributed by atoms with Crippen LogP contribution in [0.15, 0.2) is 6.07 Å². The zero-order chi connectivity index (χ0) is 14.0. The third kappa shape index (κ3) is 3.04. The summed E-state index contributed by atoms with van der Waals surface area (Å²) in [4.78, 5) is 15.5. The Labute approximate surface area is 113 Å². The lowest BCUT2D eigenvalue weighted by molar-refractivity contribution is 0.0696. The van der Waals surface area contributed by atoms with Crippen LogP contribution in [0.4, 0.5) is 5.69 Å². The lowest BCUT2D eigenvalue weighted by atomic mass is 10.0. The first-order chi connectivity index (χ1) is 8.99. The first kappa shape index (κ1) is 13.8. The van der Waals surface area contributed by atoms with E-state index in [1.165, 1.54) is 0 Å². The van der Waals surface area contributed by atoms with Gasteiger partial charge in [0.15, 0.2) is 0 Å². The van der Waals surface area contributed by atoms with Gasteiger partial charge in [0.05, 0.1) is 17.5 Å². The van der Waals surface area contributed by atoms with E-state index in [-0.39, 0.29) is 11.7 Å². The van der Waals surface area contributed by atoms with Crippen LogP contribution in [0.2, 0.25) is 0 Å². The molecule has 1 aromatic rings. The van der Waals surface area contributed by atoms with Gasteiger partial charge in [-0.15, -0.1) is 0 Å². The number of carboxylic acid groups (broad SMARTS) is 1. The van der Waals surface area contributed by atoms with Gasteiger partial charge in [0.25, 0.3) is 0 Å². The average molecular weight is 264 g/mol. The molecular formula is C14H20N2O3. The summed E-state index contributed by atoms with van der Waals surface area (Å²) < 4.78 is 5.51. The maximum atomic E-state index is 11.3. The maximum absolute atomic E-state index is 11.3. The number of hydrogen-bond donors (Lipinski definition) is 2. The van der Waals surface area contributed by atoms with Gasteiger partial charge in [-0.1, -0.05) is 0 Å². The second kappa shape index (κ2) is 5.57. The van der Waals surface area contributed by atoms with Gasteiger partial charge in [-0.25, -0.2) is 4.79 Å². The number of anilines is 1. The summed E-state index contributed by atoms with van der Waals surface area (Å²) in [5, 5.41) is 12.5. The largest absolute Gasteiger partial charge is 0.478 e. The number of aryl methyl sites for hydroxylation is 2. The molecule has 1 aliphatic rings. The van der Waals surface area contributed by atoms with Gasteiger partial charge in [-0.05, 0) is 33.3 Å². The molecule has 1 fully saturated rings. The lowest BCUT2D eigenvalue weighted by Gasteiger charge is -2.17. The highest BCUT2D eigenvalue weighted by Crippen LogP contribution is 2.24. The predicted molar refractivity (Wildman–Crippen MR) is 72.7 cm³/mol. The smallest absolute Gasteiger partial charge is 0.339 e. The van der Waals surface area contributed by atoms with E-state index in [0.29, 0.717) is 17.3 Å². The number of rotatable bonds is 4. The minimum absolute atomic E-state index is 0.227. The molecule has 2 heterocycles. The normalized spacial score (nSPS) is 22.5. The number of pyridine rings is 1. The molecule has 0 saturated carbocycles. The maximum Gasteiger partial charge on any atom is 0.339 e. The second-order valence-electron chi connectivity index (χ2n) is 5.08. The molecule has 2 unspecified atom stereocenters. The van der Waals surface area contributed by atoms with Gasteiger partial charge in [-0.3, -0.25) is 4.98 Å². The summed E-state index contributed by atoms with van der Waals surface area (Å²) in [6, 6.07) is 1.79. The van der Waals surface area contributed by atoms with Crippen LogP contribution in [0.25, 0.3) is 0 Å². The molecule has 0 radical (unpaired) electrons. The molecule has 0 aromatic carbocycles. The van der Waals surface area contributed by atoms with Crippen LogP contribution < -0.4 is 5.32 Å². The lowest BCUT2D eigenvalue weighted by Crippen LogP contribution is -2.22. The summed E-state index contributed by atoms with van der Waals surface area (Å²) in [5.41, 5.74) is 2.28. The number of aromatic carboxylic acids is 1. The van der Waals surface area contributed by atoms with E-state index in [1.807, 2.05) is 6.92 Å². The van der Waals surface area contributed by atoms with Crippen molar-refractivity contribution in [1.82, 2.24) is 4.98 Å². The van der Waals surface area contributed by atoms with Crippen LogP contribution in [0.5, 0.6) is 0 Å². The highest BCUT2D eigenvalue weighted by Gasteiger charge is 2.24. The number of carboxylic acids is 1. The molecule has 0 amide bonds. The van der Waals surface area contributed by atoms with Crippen molar-refractivity contribution < 1.29 is 14.6 Å². The van der Waals surface area contributed by atoms with Crippen LogP contribution in [0.3, 0.4) is 0 Å². The zero-order valence-corrected chi connectivity index (χ0v) is 11.6. The molecule has 2 atom stereocenters. The van der Waals surface area contributed by atoms with E-state index >= 15 is 0 Å². The van der Waals surface area contributed by atoms with Crippen LogP contribution in [-0.4, -0.2) is 35.3 Å². The Morgan fingerprint density at radius 2 is 2.32 bits per heavy atom. The molecule has 0 aliphatic carbocycles. The third-order valence-corrected chi connectivity index (χ3v) is 3.63. The van der Waals surface area contributed by atoms with Crippen molar-refractivity contribution in [2.24, 2.45) is 5.92 Å². The van der Waals surface area contributed by atoms with Crippen LogP contribution in [-0.2, 0) is 4.74 Å². The fourth-order valence-electron chi connectivity index (χ4n) is 2.52. The topological polar surface area (TPSA) is 71.5 Å². The Hall–Kier alpha value is -1.62. The number of carbonyl (C=O) groups is 1. The second-order valence-corrected chi connectivity index (χ2v) is 5.08. The summed E-state index contributed by atoms with van der Waals surface area (Å²) in [7, 11) is 0. The highest BCUT2D eigenvalue weighted by molar-refractivity contribution is 5.95. The van der Waals surface area contributed by atoms with Gasteiger partial charge >= 0.3 is 5.97 Å². The van der Waals surface area contributed by atoms with Gasteiger partial charge in [0.1, 0.15) is 5.56 Å². The fraction of sp³-hybridized carbons (Fsp3) is 0.571. The van der Waals surface area contributed by atoms with E-state index in [0.717, 1.165) is 25.3 Å². The van der Waals surface area contributed by atoms with Crippen molar-refractivity contribution in [3.63, 3.8) is 0 Å². The Morgan fingerprint density at radius 3 is 2.89 bits per heavy atom. The summed E-state index contributed by atoms with van der Waals surface area (Å²) in [6.45, 7) is 7.16. The number of nitrogens with zero attached hydrogens (tertiary/aromatic N) is 1. The minimum atomic E-state index is -0.941. The summed E-state index contributed by atoms with van der Waals surface area (Å²) in [6.07, 6.45) is 1.24. The van der Waals surface area contributed by atoms with Crippen molar-refractivity contribution in [2.75, 3.05) is 18.5 Å². The van der Waals surface area contributed by atoms with Crippen LogP contribution in [0, 0.1) is 19.8 Å². The number of aromatic nitrogens is 1. The molecule has 2 rings (SSSR count). The molecule has 104 valence electrons. The minimum Gasteiger partial charge on any atom is -0.478 e. The number of ether oxygens (including phenoxy) is 1. The van der Waals surface area contributed by atoms with Gasteiger partial charge in [-0.2, -0.15) is 0 Å². The molecule has 2 N–H and O–H groups in total. The Kier molecular flexibility index (Phi) is 4.04. The molecule has 5 heteroatoms. The zero-order valence-electron chi connectivity index (χ0n) is 11.6. The monoisotopic (exact) mass is 264 g/mol. The third-order valence-electron chi connectivity index (χ3n) is 3.63. The highest BCUT2D eigenvalue weighted by atomic mass is 16.5. The van der Waals surface area contributed by atoms with E-state index in [9.17, 15) is 9.90 Å². The Morgan fingerprint density at radius 1 is 1.58 bits per heavy atom. The first-order valence-electron chi connectivity index (χ1n) is 6.56. The van der Waals surface area contributed by atoms with Crippen molar-refractivity contribution in [3.8, 4) is 0 Å². The van der Waals surface area contributed by atoms with Crippen molar-refractivity contribution in [1.29, 1.82) is 0 Å². The average Bonchev–Trinajstić information content (AvgIpc) is 2.70. The first-order valence-corrected chi connectivity index (χ1v) is 6.56. The quantitative estimate of drug-likeness (QED) is 0.872. The molecule has 1 saturated heterocycles. The van der Waals surface area contributed by atoms with Crippen LogP contribution in [0.1, 0.15) is 35.1 Å². The predicted octanol–water partition coefficient (Wildman–Crippen LogP) is 2.23. The number of hydrogen-bond acceptors (Lipinski definition) is 4. The van der Waals surface area contributed by atoms with Gasteiger partial charge in [0, 0.05) is 24.8 Å². The number of nitrogens with one attached hydrogen (secondary N) is 1. The molecule has 0 spiro atoms. The fourth-order valence-corrected chi connectivity index (χ4v) is 2.52. The van der Waals surface area contributed by atoms with Crippen molar-refractivity contribution in [2.45, 2.75) is 33.3 Å². The molecular weight excluding hydrogens is 244 g/mol. The van der Waals surface area contributed by atoms with Crippen molar-refractivity contribution >= 4 is 11.7 Å². The van der Waals surface area contributed by atoms with E-state index in [2.05, 4.69) is 17.2 Å². The molecule has 0 bridgehead atoms. The van der Waals surface area contributed by atoms with Crippen molar-refractivity contribution in [3.05, 3.63) is 23.0 Å². The van der Waals surface area contributed by atoms with E-state index < -0.39 is 5.97 Å².